The van der Waals surface area contributed by atoms with Crippen LogP contribution in [0.25, 0.3) is 0 Å². The van der Waals surface area contributed by atoms with Crippen LogP contribution in [0.2, 0.25) is 0 Å². The molecular formula is C15H21NO5. The Bertz CT molecular complexity index is 449. The van der Waals surface area contributed by atoms with Gasteiger partial charge in [0, 0.05) is 0 Å². The maximum atomic E-state index is 11.2. The van der Waals surface area contributed by atoms with Gasteiger partial charge >= 0.3 is 12.1 Å². The summed E-state index contributed by atoms with van der Waals surface area (Å²) in [6.45, 7) is 1.88. The van der Waals surface area contributed by atoms with Gasteiger partial charge in [0.15, 0.2) is 0 Å². The van der Waals surface area contributed by atoms with Gasteiger partial charge in [-0.05, 0) is 12.0 Å². The quantitative estimate of drug-likeness (QED) is 0.684. The lowest BCUT2D eigenvalue weighted by Gasteiger charge is -2.22. The van der Waals surface area contributed by atoms with Gasteiger partial charge in [0.1, 0.15) is 6.61 Å². The zero-order valence-corrected chi connectivity index (χ0v) is 12.1. The monoisotopic (exact) mass is 295 g/mol. The Labute approximate surface area is 123 Å². The van der Waals surface area contributed by atoms with Gasteiger partial charge in [-0.25, -0.2) is 4.79 Å². The van der Waals surface area contributed by atoms with Gasteiger partial charge in [-0.2, -0.15) is 5.06 Å². The SMILES string of the molecule is CCCC[C@H](CN(OCc1ccccc1)C(=O)O)C(=O)O. The van der Waals surface area contributed by atoms with Crippen molar-refractivity contribution in [3.8, 4) is 0 Å². The first-order valence-corrected chi connectivity index (χ1v) is 6.94. The fraction of sp³-hybridized carbons (Fsp3) is 0.467. The normalized spacial score (nSPS) is 11.9. The number of unbranched alkanes of at least 4 members (excludes halogenated alkanes) is 1. The van der Waals surface area contributed by atoms with Crippen molar-refractivity contribution in [1.29, 1.82) is 0 Å². The molecule has 0 unspecified atom stereocenters. The Morgan fingerprint density at radius 2 is 1.90 bits per heavy atom. The van der Waals surface area contributed by atoms with Gasteiger partial charge in [0.2, 0.25) is 0 Å². The highest BCUT2D eigenvalue weighted by molar-refractivity contribution is 5.71. The van der Waals surface area contributed by atoms with Crippen LogP contribution in [0.5, 0.6) is 0 Å². The van der Waals surface area contributed by atoms with Crippen LogP contribution in [0.15, 0.2) is 30.3 Å². The molecule has 2 N–H and O–H groups in total. The largest absolute Gasteiger partial charge is 0.481 e. The first-order chi connectivity index (χ1) is 10.0. The highest BCUT2D eigenvalue weighted by atomic mass is 16.7. The molecule has 6 heteroatoms. The summed E-state index contributed by atoms with van der Waals surface area (Å²) in [6.07, 6.45) is 0.753. The number of carboxylic acids is 1. The van der Waals surface area contributed by atoms with E-state index < -0.39 is 18.0 Å². The molecule has 0 heterocycles. The lowest BCUT2D eigenvalue weighted by molar-refractivity contribution is -0.162. The number of benzene rings is 1. The zero-order valence-electron chi connectivity index (χ0n) is 12.1. The minimum absolute atomic E-state index is 0.0905. The first-order valence-electron chi connectivity index (χ1n) is 6.94. The summed E-state index contributed by atoms with van der Waals surface area (Å²) in [7, 11) is 0. The number of rotatable bonds is 9. The van der Waals surface area contributed by atoms with Crippen LogP contribution >= 0.6 is 0 Å². The Kier molecular flexibility index (Phi) is 7.25. The zero-order chi connectivity index (χ0) is 15.7. The van der Waals surface area contributed by atoms with E-state index in [1.807, 2.05) is 37.3 Å². The van der Waals surface area contributed by atoms with Crippen LogP contribution in [0.4, 0.5) is 4.79 Å². The molecule has 1 atom stereocenters. The fourth-order valence-corrected chi connectivity index (χ4v) is 1.86. The molecule has 0 aliphatic heterocycles. The molecule has 0 bridgehead atoms. The molecule has 0 fully saturated rings. The number of carbonyl (C=O) groups is 2. The van der Waals surface area contributed by atoms with E-state index in [2.05, 4.69) is 0 Å². The average molecular weight is 295 g/mol. The molecule has 0 saturated carbocycles. The third-order valence-corrected chi connectivity index (χ3v) is 3.08. The lowest BCUT2D eigenvalue weighted by atomic mass is 10.0. The van der Waals surface area contributed by atoms with Crippen LogP contribution < -0.4 is 0 Å². The molecular weight excluding hydrogens is 274 g/mol. The van der Waals surface area contributed by atoms with Gasteiger partial charge < -0.3 is 10.2 Å². The Hall–Kier alpha value is -2.08. The van der Waals surface area contributed by atoms with Gasteiger partial charge in [-0.15, -0.1) is 0 Å². The predicted octanol–water partition coefficient (Wildman–Crippen LogP) is 2.99. The van der Waals surface area contributed by atoms with Crippen LogP contribution in [0, 0.1) is 5.92 Å². The first kappa shape index (κ1) is 17.0. The summed E-state index contributed by atoms with van der Waals surface area (Å²) in [6, 6.07) is 9.12. The summed E-state index contributed by atoms with van der Waals surface area (Å²) in [5.74, 6) is -1.75. The molecule has 0 aliphatic carbocycles. The lowest BCUT2D eigenvalue weighted by Crippen LogP contribution is -2.37. The standard InChI is InChI=1S/C15H21NO5/c1-2-3-9-13(14(17)18)10-16(15(19)20)21-11-12-7-5-4-6-8-12/h4-8,13H,2-3,9-11H2,1H3,(H,17,18)(H,19,20)/t13-/m1/s1. The second-order valence-corrected chi connectivity index (χ2v) is 4.78. The fourth-order valence-electron chi connectivity index (χ4n) is 1.86. The van der Waals surface area contributed by atoms with Crippen molar-refractivity contribution >= 4 is 12.1 Å². The second kappa shape index (κ2) is 8.97. The molecule has 21 heavy (non-hydrogen) atoms. The van der Waals surface area contributed by atoms with Crippen molar-refractivity contribution < 1.29 is 24.6 Å². The molecule has 0 radical (unpaired) electrons. The molecule has 1 rings (SSSR count). The molecule has 116 valence electrons. The molecule has 0 aliphatic rings. The van der Waals surface area contributed by atoms with Crippen molar-refractivity contribution in [3.63, 3.8) is 0 Å². The number of hydrogen-bond acceptors (Lipinski definition) is 3. The van der Waals surface area contributed by atoms with Crippen LogP contribution in [0.3, 0.4) is 0 Å². The molecule has 0 spiro atoms. The van der Waals surface area contributed by atoms with Crippen LogP contribution in [-0.4, -0.2) is 33.9 Å². The van der Waals surface area contributed by atoms with E-state index in [9.17, 15) is 9.59 Å². The summed E-state index contributed by atoms with van der Waals surface area (Å²) in [5.41, 5.74) is 0.823. The van der Waals surface area contributed by atoms with Crippen molar-refractivity contribution in [1.82, 2.24) is 5.06 Å². The molecule has 0 aromatic heterocycles. The van der Waals surface area contributed by atoms with Crippen molar-refractivity contribution in [2.45, 2.75) is 32.8 Å². The molecule has 6 nitrogen and oxygen atoms in total. The Morgan fingerprint density at radius 1 is 1.24 bits per heavy atom. The Balaban J connectivity index is 2.59. The molecule has 1 amide bonds. The molecule has 0 saturated heterocycles. The van der Waals surface area contributed by atoms with E-state index in [-0.39, 0.29) is 13.2 Å². The van der Waals surface area contributed by atoms with E-state index in [1.54, 1.807) is 0 Å². The van der Waals surface area contributed by atoms with E-state index in [1.165, 1.54) is 0 Å². The summed E-state index contributed by atoms with van der Waals surface area (Å²) in [4.78, 5) is 27.5. The maximum Gasteiger partial charge on any atom is 0.431 e. The van der Waals surface area contributed by atoms with E-state index in [0.717, 1.165) is 18.4 Å². The predicted molar refractivity (Wildman–Crippen MR) is 76.6 cm³/mol. The number of carboxylic acid groups (broad SMARTS) is 2. The Morgan fingerprint density at radius 3 is 2.43 bits per heavy atom. The summed E-state index contributed by atoms with van der Waals surface area (Å²) in [5, 5.41) is 19.0. The number of nitrogens with zero attached hydrogens (tertiary/aromatic N) is 1. The maximum absolute atomic E-state index is 11.2. The van der Waals surface area contributed by atoms with Gasteiger partial charge in [0.25, 0.3) is 0 Å². The highest BCUT2D eigenvalue weighted by Gasteiger charge is 2.24. The van der Waals surface area contributed by atoms with E-state index in [0.29, 0.717) is 11.5 Å². The minimum Gasteiger partial charge on any atom is -0.481 e. The van der Waals surface area contributed by atoms with Crippen LogP contribution in [0.1, 0.15) is 31.7 Å². The van der Waals surface area contributed by atoms with Crippen molar-refractivity contribution in [2.24, 2.45) is 5.92 Å². The number of hydroxylamine groups is 2. The number of aliphatic carboxylic acids is 1. The van der Waals surface area contributed by atoms with Gasteiger partial charge in [-0.1, -0.05) is 50.1 Å². The van der Waals surface area contributed by atoms with Crippen molar-refractivity contribution in [2.75, 3.05) is 6.54 Å². The van der Waals surface area contributed by atoms with Crippen LogP contribution in [-0.2, 0) is 16.2 Å². The highest BCUT2D eigenvalue weighted by Crippen LogP contribution is 2.13. The van der Waals surface area contributed by atoms with Gasteiger partial charge in [0.05, 0.1) is 12.5 Å². The van der Waals surface area contributed by atoms with E-state index >= 15 is 0 Å². The average Bonchev–Trinajstić information content (AvgIpc) is 2.47. The third kappa shape index (κ3) is 6.27. The second-order valence-electron chi connectivity index (χ2n) is 4.78. The summed E-state index contributed by atoms with van der Waals surface area (Å²) < 4.78 is 0. The number of amides is 1. The minimum atomic E-state index is -1.28. The van der Waals surface area contributed by atoms with E-state index in [4.69, 9.17) is 15.1 Å². The third-order valence-electron chi connectivity index (χ3n) is 3.08. The smallest absolute Gasteiger partial charge is 0.431 e. The molecule has 1 aromatic rings. The number of hydrogen-bond donors (Lipinski definition) is 2. The van der Waals surface area contributed by atoms with Gasteiger partial charge in [-0.3, -0.25) is 9.63 Å². The topological polar surface area (TPSA) is 87.1 Å². The molecule has 1 aromatic carbocycles. The van der Waals surface area contributed by atoms with Crippen molar-refractivity contribution in [3.05, 3.63) is 35.9 Å². The summed E-state index contributed by atoms with van der Waals surface area (Å²) >= 11 is 0.